The number of nitrogens with one attached hydrogen (secondary N) is 1. The molecule has 4 heteroatoms. The Morgan fingerprint density at radius 2 is 2.82 bits per heavy atom. The third kappa shape index (κ3) is 1.77. The van der Waals surface area contributed by atoms with Gasteiger partial charge in [-0.3, -0.25) is 5.09 Å². The Bertz CT molecular complexity index is 373. The molecule has 1 aromatic rings. The lowest BCUT2D eigenvalue weighted by Gasteiger charge is -2.21. The molecular weight excluding hydrogens is 142 g/mol. The molecule has 0 aliphatic heterocycles. The van der Waals surface area contributed by atoms with E-state index in [2.05, 4.69) is 10.3 Å². The molecule has 0 atom stereocenters. The fourth-order valence-corrected chi connectivity index (χ4v) is 0.663. The van der Waals surface area contributed by atoms with Crippen molar-refractivity contribution < 1.29 is 11.6 Å². The minimum Gasteiger partial charge on any atom is -0.369 e. The largest absolute Gasteiger partial charge is 0.369 e. The fourth-order valence-electron chi connectivity index (χ4n) is 0.663. The van der Waals surface area contributed by atoms with Crippen LogP contribution in [0, 0.1) is 0 Å². The molecule has 0 saturated carbocycles. The molecule has 0 radical (unpaired) electrons. The molecule has 0 bridgehead atoms. The summed E-state index contributed by atoms with van der Waals surface area (Å²) in [5, 5.41) is 7.52. The number of aromatic amines is 1. The van der Waals surface area contributed by atoms with Crippen LogP contribution in [-0.4, -0.2) is 22.0 Å². The van der Waals surface area contributed by atoms with Crippen molar-refractivity contribution in [2.45, 2.75) is 26.3 Å². The van der Waals surface area contributed by atoms with Gasteiger partial charge in [0.05, 0.1) is 1.37 Å². The summed E-state index contributed by atoms with van der Waals surface area (Å²) in [5.41, 5.74) is -0.906. The maximum atomic E-state index is 7.50. The Balaban J connectivity index is 2.82. The maximum Gasteiger partial charge on any atom is 0.191 e. The van der Waals surface area contributed by atoms with Crippen LogP contribution in [0.1, 0.15) is 31.9 Å². The van der Waals surface area contributed by atoms with Gasteiger partial charge in [0, 0.05) is 16.9 Å². The van der Waals surface area contributed by atoms with Gasteiger partial charge in [0.15, 0.2) is 1.41 Å². The highest BCUT2D eigenvalue weighted by molar-refractivity contribution is 5.02. The van der Waals surface area contributed by atoms with E-state index in [0.717, 1.165) is 0 Å². The lowest BCUT2D eigenvalue weighted by molar-refractivity contribution is -0.0173. The van der Waals surface area contributed by atoms with Crippen molar-refractivity contribution >= 4 is 0 Å². The zero-order valence-electron chi connectivity index (χ0n) is 11.5. The first-order chi connectivity index (χ1) is 7.13. The molecule has 0 aliphatic rings. The quantitative estimate of drug-likeness (QED) is 0.719. The number of hydrogen-bond acceptors (Lipinski definition) is 3. The summed E-state index contributed by atoms with van der Waals surface area (Å²) in [6, 6.07) is 0. The van der Waals surface area contributed by atoms with Crippen LogP contribution in [0.3, 0.4) is 0 Å². The number of H-pyrrole nitrogens is 1. The highest BCUT2D eigenvalue weighted by Gasteiger charge is 2.22. The summed E-state index contributed by atoms with van der Waals surface area (Å²) in [7, 11) is 0. The molecule has 0 spiro atoms. The number of ether oxygens (including phenoxy) is 1. The van der Waals surface area contributed by atoms with Gasteiger partial charge in [0.1, 0.15) is 11.3 Å². The highest BCUT2D eigenvalue weighted by Crippen LogP contribution is 2.20. The van der Waals surface area contributed by atoms with Gasteiger partial charge in [-0.1, -0.05) is 5.21 Å². The molecule has 0 unspecified atom stereocenters. The minimum atomic E-state index is -2.20. The molecule has 1 rings (SSSR count). The standard InChI is InChI=1S/C7H13N3O/c1-4-11-7(2,3)6-5-8-10-9-6/h5H,4H2,1-3H3,(H,8,9,10)/i1D3,5D/hD. The van der Waals surface area contributed by atoms with E-state index in [1.165, 1.54) is 0 Å². The van der Waals surface area contributed by atoms with Gasteiger partial charge < -0.3 is 4.74 Å². The van der Waals surface area contributed by atoms with Crippen LogP contribution in [0.4, 0.5) is 0 Å². The van der Waals surface area contributed by atoms with Gasteiger partial charge >= 0.3 is 0 Å². The molecule has 11 heavy (non-hydrogen) atoms. The fraction of sp³-hybridized carbons (Fsp3) is 0.714. The molecule has 1 heterocycles. The van der Waals surface area contributed by atoms with E-state index < -0.39 is 19.1 Å². The average Bonchev–Trinajstić information content (AvgIpc) is 2.44. The average molecular weight is 160 g/mol. The SMILES string of the molecule is [2H]c1c(C(C)(C)OCC([2H])([2H])[2H])nnn1[2H]. The number of rotatable bonds is 3. The normalized spacial score (nSPS) is 19.6. The van der Waals surface area contributed by atoms with Crippen LogP contribution < -0.4 is 0 Å². The Labute approximate surface area is 73.0 Å². The monoisotopic (exact) mass is 160 g/mol. The van der Waals surface area contributed by atoms with E-state index in [9.17, 15) is 0 Å². The predicted octanol–water partition coefficient (Wildman–Crippen LogP) is 1.08. The second-order valence-corrected chi connectivity index (χ2v) is 2.55. The highest BCUT2D eigenvalue weighted by atomic mass is 16.5. The number of nitrogens with zero attached hydrogens (tertiary/aromatic N) is 2. The van der Waals surface area contributed by atoms with Gasteiger partial charge in [-0.25, -0.2) is 0 Å². The summed E-state index contributed by atoms with van der Waals surface area (Å²) in [6.45, 7) is 0.530. The van der Waals surface area contributed by atoms with Crippen LogP contribution >= 0.6 is 0 Å². The van der Waals surface area contributed by atoms with Gasteiger partial charge in [-0.2, -0.15) is 0 Å². The molecule has 0 amide bonds. The van der Waals surface area contributed by atoms with E-state index in [1.807, 2.05) is 0 Å². The first-order valence-electron chi connectivity index (χ1n) is 5.64. The first kappa shape index (κ1) is 3.67. The molecule has 1 N–H and O–H groups in total. The van der Waals surface area contributed by atoms with Crippen molar-refractivity contribution in [1.82, 2.24) is 15.4 Å². The number of hydrogen-bond donors (Lipinski definition) is 1. The molecule has 0 saturated heterocycles. The molecule has 1 aromatic heterocycles. The van der Waals surface area contributed by atoms with Crippen LogP contribution in [0.5, 0.6) is 0 Å². The summed E-state index contributed by atoms with van der Waals surface area (Å²) in [5.74, 6) is 0. The maximum absolute atomic E-state index is 7.50. The third-order valence-corrected chi connectivity index (χ3v) is 1.35. The summed E-state index contributed by atoms with van der Waals surface area (Å²) in [6.07, 6.45) is -0.212. The first-order valence-corrected chi connectivity index (χ1v) is 3.19. The van der Waals surface area contributed by atoms with Gasteiger partial charge in [-0.05, 0) is 20.7 Å². The zero-order valence-corrected chi connectivity index (χ0v) is 6.46. The van der Waals surface area contributed by atoms with E-state index in [4.69, 9.17) is 11.6 Å². The zero-order chi connectivity index (χ0) is 12.6. The van der Waals surface area contributed by atoms with Crippen molar-refractivity contribution in [3.63, 3.8) is 0 Å². The minimum absolute atomic E-state index is 0.145. The molecule has 0 aromatic carbocycles. The van der Waals surface area contributed by atoms with Crippen LogP contribution in [0.25, 0.3) is 0 Å². The lowest BCUT2D eigenvalue weighted by Crippen LogP contribution is -2.21. The number of aromatic nitrogens is 3. The van der Waals surface area contributed by atoms with Crippen LogP contribution in [0.2, 0.25) is 1.41 Å². The Hall–Kier alpha value is -0.900. The second-order valence-electron chi connectivity index (χ2n) is 2.55. The van der Waals surface area contributed by atoms with E-state index >= 15 is 0 Å². The van der Waals surface area contributed by atoms with E-state index in [1.54, 1.807) is 13.8 Å². The van der Waals surface area contributed by atoms with E-state index in [0.29, 0.717) is 5.09 Å². The molecule has 0 aliphatic carbocycles. The van der Waals surface area contributed by atoms with Gasteiger partial charge in [0.25, 0.3) is 0 Å². The third-order valence-electron chi connectivity index (χ3n) is 1.35. The van der Waals surface area contributed by atoms with Crippen LogP contribution in [-0.2, 0) is 10.3 Å². The van der Waals surface area contributed by atoms with Crippen molar-refractivity contribution in [1.29, 1.82) is 0 Å². The van der Waals surface area contributed by atoms with Crippen molar-refractivity contribution in [3.8, 4) is 0 Å². The summed E-state index contributed by atoms with van der Waals surface area (Å²) >= 11 is 0. The van der Waals surface area contributed by atoms with Crippen molar-refractivity contribution in [3.05, 3.63) is 11.9 Å². The second kappa shape index (κ2) is 3.00. The molecule has 0 fully saturated rings. The Morgan fingerprint density at radius 3 is 3.36 bits per heavy atom. The van der Waals surface area contributed by atoms with E-state index in [-0.39, 0.29) is 11.9 Å². The lowest BCUT2D eigenvalue weighted by atomic mass is 10.1. The predicted molar refractivity (Wildman–Crippen MR) is 41.0 cm³/mol. The van der Waals surface area contributed by atoms with Crippen molar-refractivity contribution in [2.24, 2.45) is 0 Å². The van der Waals surface area contributed by atoms with Crippen LogP contribution in [0.15, 0.2) is 6.17 Å². The van der Waals surface area contributed by atoms with Gasteiger partial charge in [0.2, 0.25) is 0 Å². The molecular formula is C7H13N3O. The molecule has 4 nitrogen and oxygen atoms in total. The Kier molecular flexibility index (Phi) is 1.00. The van der Waals surface area contributed by atoms with Crippen molar-refractivity contribution in [2.75, 3.05) is 6.61 Å². The smallest absolute Gasteiger partial charge is 0.191 e. The summed E-state index contributed by atoms with van der Waals surface area (Å²) in [4.78, 5) is 0. The molecule has 62 valence electrons. The summed E-state index contributed by atoms with van der Waals surface area (Å²) < 4.78 is 40.9. The Morgan fingerprint density at radius 1 is 2.00 bits per heavy atom. The topological polar surface area (TPSA) is 50.8 Å². The van der Waals surface area contributed by atoms with Gasteiger partial charge in [-0.15, -0.1) is 5.10 Å².